The molecule has 0 spiro atoms. The number of anilines is 3. The number of aliphatic carboxylic acids is 2. The molecule has 2 aromatic heterocycles. The van der Waals surface area contributed by atoms with E-state index in [2.05, 4.69) is 116 Å². The van der Waals surface area contributed by atoms with Gasteiger partial charge in [0.15, 0.2) is 27.3 Å². The Hall–Kier alpha value is -12.7. The van der Waals surface area contributed by atoms with Crippen molar-refractivity contribution in [3.63, 3.8) is 0 Å². The summed E-state index contributed by atoms with van der Waals surface area (Å²) in [6, 6.07) is 18.9. The molecular formula is C74H96N24O18S6. The van der Waals surface area contributed by atoms with Crippen LogP contribution >= 0.6 is 47.1 Å². The van der Waals surface area contributed by atoms with Gasteiger partial charge in [-0.2, -0.15) is 4.99 Å². The molecule has 10 amide bonds. The summed E-state index contributed by atoms with van der Waals surface area (Å²) >= 11 is 12.2. The molecule has 6 aromatic rings. The Morgan fingerprint density at radius 1 is 0.484 bits per heavy atom. The van der Waals surface area contributed by atoms with E-state index in [1.165, 1.54) is 48.0 Å². The second kappa shape index (κ2) is 51.0. The molecule has 2 aliphatic rings. The Bertz CT molecular complexity index is 4880. The van der Waals surface area contributed by atoms with Crippen LogP contribution in [0.2, 0.25) is 0 Å². The number of sulfonamides is 2. The van der Waals surface area contributed by atoms with Gasteiger partial charge in [-0.05, 0) is 155 Å². The summed E-state index contributed by atoms with van der Waals surface area (Å²) in [5.74, 6) is -11.0. The van der Waals surface area contributed by atoms with Gasteiger partial charge in [0.25, 0.3) is 20.0 Å². The van der Waals surface area contributed by atoms with Crippen molar-refractivity contribution in [1.29, 1.82) is 0 Å². The molecule has 0 radical (unpaired) electrons. The van der Waals surface area contributed by atoms with Crippen molar-refractivity contribution in [1.82, 2.24) is 68.5 Å². The molecule has 2 fully saturated rings. The fourth-order valence-corrected chi connectivity index (χ4v) is 15.3. The number of nitrogens with one attached hydrogen (secondary N) is 14. The van der Waals surface area contributed by atoms with Crippen LogP contribution in [0.1, 0.15) is 88.2 Å². The number of aromatic nitrogens is 2. The van der Waals surface area contributed by atoms with Gasteiger partial charge in [0.05, 0.1) is 46.6 Å². The van der Waals surface area contributed by atoms with Crippen LogP contribution < -0.4 is 102 Å². The number of carboxylic acids is 2. The molecule has 2 saturated heterocycles. The highest BCUT2D eigenvalue weighted by Gasteiger charge is 2.36. The zero-order valence-electron chi connectivity index (χ0n) is 65.5. The lowest BCUT2D eigenvalue weighted by Gasteiger charge is -2.26. The molecular weight excluding hydrogens is 1710 g/mol. The molecule has 122 heavy (non-hydrogen) atoms. The summed E-state index contributed by atoms with van der Waals surface area (Å²) in [4.78, 5) is 176. The lowest BCUT2D eigenvalue weighted by atomic mass is 10.0. The predicted molar refractivity (Wildman–Crippen MR) is 460 cm³/mol. The van der Waals surface area contributed by atoms with Crippen molar-refractivity contribution < 1.29 is 84.6 Å². The Morgan fingerprint density at radius 2 is 0.852 bits per heavy atom. The summed E-state index contributed by atoms with van der Waals surface area (Å²) in [7, 11) is -7.45. The van der Waals surface area contributed by atoms with Crippen LogP contribution in [-0.2, 0) is 90.4 Å². The Labute approximate surface area is 719 Å². The van der Waals surface area contributed by atoms with Gasteiger partial charge in [0.1, 0.15) is 48.3 Å². The van der Waals surface area contributed by atoms with E-state index >= 15 is 0 Å². The lowest BCUT2D eigenvalue weighted by Crippen LogP contribution is -2.58. The topological polar surface area (TPSA) is 675 Å². The fourth-order valence-electron chi connectivity index (χ4n) is 11.4. The first-order valence-corrected chi connectivity index (χ1v) is 43.2. The van der Waals surface area contributed by atoms with E-state index in [0.717, 1.165) is 11.3 Å². The number of benzene rings is 4. The quantitative estimate of drug-likeness (QED) is 0.0100. The molecule has 26 N–H and O–H groups in total. The first-order valence-electron chi connectivity index (χ1n) is 37.7. The van der Waals surface area contributed by atoms with E-state index < -0.39 is 165 Å². The number of nitrogens with two attached hydrogens (primary N) is 5. The van der Waals surface area contributed by atoms with Gasteiger partial charge in [0.2, 0.25) is 59.1 Å². The number of hydrogen-bond acceptors (Lipinski definition) is 26. The molecule has 2 aliphatic heterocycles. The number of amides is 10. The number of unbranched alkanes of at least 4 members (excludes halogenated alkanes) is 2. The van der Waals surface area contributed by atoms with Crippen molar-refractivity contribution >= 4 is 182 Å². The van der Waals surface area contributed by atoms with Gasteiger partial charge >= 0.3 is 11.9 Å². The van der Waals surface area contributed by atoms with E-state index in [4.69, 9.17) is 40.9 Å². The minimum Gasteiger partial charge on any atom is -0.481 e. The molecule has 8 rings (SSSR count). The van der Waals surface area contributed by atoms with E-state index in [0.29, 0.717) is 72.8 Å². The van der Waals surface area contributed by atoms with Crippen LogP contribution in [0.3, 0.4) is 0 Å². The van der Waals surface area contributed by atoms with Gasteiger partial charge in [-0.15, -0.1) is 22.7 Å². The monoisotopic (exact) mass is 1800 g/mol. The number of isothiocyanates is 1. The molecule has 656 valence electrons. The maximum Gasteiger partial charge on any atom is 0.305 e. The number of guanidine groups is 2. The van der Waals surface area contributed by atoms with Gasteiger partial charge in [-0.1, -0.05) is 60.7 Å². The zero-order valence-corrected chi connectivity index (χ0v) is 70.4. The SMILES string of the molecule is NC(N)=NCCC[C@@H]1NC(=O)[C@H](CCCCNC(=S)Nc2ccc(S(=O)(=O)Nc3nccs3)cc2)NC(=O)[C@@H](Cc2ccccc2)NC(=O)[C@H](CC(=O)O)NC(=O)CNC1=O.NCCCC[C@@H]1NC(=O)[C@@H](Cc2ccccc2)NC(=O)[C@H](CC(=O)O)NC(=O)CNC(=O)[C@H](CCCN=C(N)N)NC1=O.O=S(=O)(Nc1nccs1)c1ccc(N=C=S)cc1. The number of rotatable bonds is 33. The minimum atomic E-state index is -3.84. The van der Waals surface area contributed by atoms with Crippen molar-refractivity contribution in [2.24, 2.45) is 43.6 Å². The van der Waals surface area contributed by atoms with Gasteiger partial charge in [-0.3, -0.25) is 77.0 Å². The molecule has 0 bridgehead atoms. The number of hydrogen-bond donors (Lipinski definition) is 21. The normalized spacial score (nSPS) is 18.8. The number of carbonyl (C=O) groups excluding carboxylic acids is 10. The van der Waals surface area contributed by atoms with Crippen molar-refractivity contribution in [3.8, 4) is 0 Å². The Balaban J connectivity index is 0.000000325. The first kappa shape index (κ1) is 98.1. The van der Waals surface area contributed by atoms with Crippen LogP contribution in [0, 0.1) is 0 Å². The average Bonchev–Trinajstić information content (AvgIpc) is 1.35. The second-order valence-corrected chi connectivity index (χ2v) is 32.5. The summed E-state index contributed by atoms with van der Waals surface area (Å²) in [6.45, 7) is -0.281. The summed E-state index contributed by atoms with van der Waals surface area (Å²) < 4.78 is 54.0. The largest absolute Gasteiger partial charge is 0.481 e. The predicted octanol–water partition coefficient (Wildman–Crippen LogP) is -1.13. The number of aliphatic imine (C=N–C) groups is 3. The molecule has 0 saturated carbocycles. The van der Waals surface area contributed by atoms with Crippen molar-refractivity contribution in [2.75, 3.05) is 54.0 Å². The van der Waals surface area contributed by atoms with Gasteiger partial charge in [-0.25, -0.2) is 26.8 Å². The van der Waals surface area contributed by atoms with Crippen LogP contribution in [0.25, 0.3) is 0 Å². The Morgan fingerprint density at radius 3 is 1.23 bits per heavy atom. The highest BCUT2D eigenvalue weighted by Crippen LogP contribution is 2.23. The molecule has 4 heterocycles. The lowest BCUT2D eigenvalue weighted by molar-refractivity contribution is -0.141. The summed E-state index contributed by atoms with van der Waals surface area (Å²) in [5, 5.41) is 56.4. The number of thiocarbonyl (C=S) groups is 2. The molecule has 0 unspecified atom stereocenters. The third-order valence-corrected chi connectivity index (χ3v) is 22.0. The maximum absolute atomic E-state index is 14.0. The van der Waals surface area contributed by atoms with Crippen LogP contribution in [-0.4, -0.2) is 218 Å². The van der Waals surface area contributed by atoms with Crippen molar-refractivity contribution in [3.05, 3.63) is 143 Å². The van der Waals surface area contributed by atoms with Crippen LogP contribution in [0.5, 0.6) is 0 Å². The molecule has 42 nitrogen and oxygen atoms in total. The van der Waals surface area contributed by atoms with Gasteiger partial charge in [0, 0.05) is 61.3 Å². The van der Waals surface area contributed by atoms with E-state index in [1.54, 1.807) is 95.7 Å². The highest BCUT2D eigenvalue weighted by molar-refractivity contribution is 7.93. The molecule has 0 aliphatic carbocycles. The van der Waals surface area contributed by atoms with E-state index in [-0.39, 0.29) is 90.0 Å². The highest BCUT2D eigenvalue weighted by atomic mass is 32.2. The standard InChI is InChI=1S/C37H48N12O9S3.C27H41N9O7.C10H7N3O2S3/c38-35(39)40-16-6-10-25-31(53)43-21-29(50)45-28(20-30(51)52)34(56)48-27(19-22-7-2-1-3-8-22)33(55)47-26(32(54)46-25)9-4-5-15-41-36(59)44-23-11-13-24(14-12-23)61(57,58)49-37-42-17-18-60-37;28-11-5-4-9-18-24(41)34-17(10-6-12-31-27(29)30)23(40)32-15-21(37)33-20(14-22(38)39)26(43)36-19(25(42)35-18)13-16-7-2-1-3-8-16;14-18(15,13-10-11-5-6-17-10)9-3-1-8(2-4-9)12-7-16/h1-3,7-8,11-14,17-18,25-28H,4-6,9-10,15-16,19-21H2,(H,42,49)(H,43,53)(H,45,50)(H,46,54)(H,47,55)(H,48,56)(H,51,52)(H4,38,39,40)(H2,41,44,59);1-3,7-8,17-20H,4-6,9-15,28H2,(H,32,40)(H,33,37)(H,34,41)(H,35,42)(H,36,43)(H,38,39)(H4,29,30,31);1-6H,(H,11,13)/t25-,26-,27+,28-;17-,18-,19+,20-;/m00./s1. The average molecular weight is 1800 g/mol. The van der Waals surface area contributed by atoms with Crippen molar-refractivity contribution in [2.45, 2.75) is 148 Å². The summed E-state index contributed by atoms with van der Waals surface area (Å²) in [5.41, 5.74) is 29.5. The molecule has 48 heteroatoms. The molecule has 4 aromatic carbocycles. The third kappa shape index (κ3) is 36.1. The van der Waals surface area contributed by atoms with Crippen LogP contribution in [0.4, 0.5) is 21.6 Å². The number of thiazole rings is 2. The van der Waals surface area contributed by atoms with E-state index in [9.17, 15) is 84.6 Å². The number of nitrogens with zero attached hydrogens (tertiary/aromatic N) is 5. The molecule has 8 atom stereocenters. The number of carboxylic acid groups (broad SMARTS) is 2. The maximum atomic E-state index is 14.0. The zero-order chi connectivity index (χ0) is 89.2. The fraction of sp³-hybridized carbons (Fsp3) is 0.378. The first-order chi connectivity index (χ1) is 58.2. The Kier molecular flexibility index (Phi) is 41.0. The minimum absolute atomic E-state index is 0.0107. The van der Waals surface area contributed by atoms with Gasteiger partial charge < -0.3 is 103 Å². The third-order valence-electron chi connectivity index (χ3n) is 17.4. The summed E-state index contributed by atoms with van der Waals surface area (Å²) in [6.07, 6.45) is 4.13. The number of carbonyl (C=O) groups is 12. The second-order valence-electron chi connectivity index (χ2n) is 26.8. The van der Waals surface area contributed by atoms with Crippen LogP contribution in [0.15, 0.2) is 157 Å². The van der Waals surface area contributed by atoms with E-state index in [1.807, 2.05) is 0 Å². The smallest absolute Gasteiger partial charge is 0.305 e.